The maximum Gasteiger partial charge on any atom is 0.148 e. The third kappa shape index (κ3) is 1.72. The van der Waals surface area contributed by atoms with Crippen LogP contribution < -0.4 is 0 Å². The first-order chi connectivity index (χ1) is 7.22. The molecule has 0 unspecified atom stereocenters. The lowest BCUT2D eigenvalue weighted by Crippen LogP contribution is -1.98. The van der Waals surface area contributed by atoms with E-state index in [1.165, 1.54) is 10.6 Å². The Kier molecular flexibility index (Phi) is 2.44. The second-order valence-corrected chi connectivity index (χ2v) is 3.41. The van der Waals surface area contributed by atoms with Crippen LogP contribution in [0.3, 0.4) is 0 Å². The van der Waals surface area contributed by atoms with Gasteiger partial charge in [-0.3, -0.25) is 0 Å². The fraction of sp³-hybridized carbons (Fsp3) is 0. The number of halogens is 2. The van der Waals surface area contributed by atoms with Crippen LogP contribution in [0.15, 0.2) is 36.5 Å². The topological polar surface area (TPSA) is 28.7 Å². The Labute approximate surface area is 91.1 Å². The van der Waals surface area contributed by atoms with E-state index in [2.05, 4.69) is 0 Å². The molecule has 0 spiro atoms. The zero-order valence-electron chi connectivity index (χ0n) is 7.61. The molecular weight excluding hydrogens is 215 g/mol. The van der Waals surface area contributed by atoms with Gasteiger partial charge in [-0.05, 0) is 30.3 Å². The minimum absolute atomic E-state index is 0.320. The zero-order chi connectivity index (χ0) is 10.8. The summed E-state index contributed by atoms with van der Waals surface area (Å²) in [6, 6.07) is 9.63. The van der Waals surface area contributed by atoms with Crippen molar-refractivity contribution in [3.63, 3.8) is 0 Å². The van der Waals surface area contributed by atoms with Crippen molar-refractivity contribution in [1.82, 2.24) is 4.57 Å². The van der Waals surface area contributed by atoms with Crippen LogP contribution in [-0.2, 0) is 0 Å². The Bertz CT molecular complexity index is 540. The smallest absolute Gasteiger partial charge is 0.148 e. The molecule has 0 radical (unpaired) electrons. The molecule has 15 heavy (non-hydrogen) atoms. The van der Waals surface area contributed by atoms with Crippen molar-refractivity contribution in [3.8, 4) is 11.8 Å². The molecule has 0 aliphatic carbocycles. The van der Waals surface area contributed by atoms with Gasteiger partial charge in [0.05, 0.1) is 5.69 Å². The molecule has 0 saturated carbocycles. The molecule has 2 rings (SSSR count). The molecule has 0 amide bonds. The summed E-state index contributed by atoms with van der Waals surface area (Å²) >= 11 is 5.64. The van der Waals surface area contributed by atoms with Gasteiger partial charge in [-0.2, -0.15) is 5.26 Å². The lowest BCUT2D eigenvalue weighted by Gasteiger charge is -2.05. The van der Waals surface area contributed by atoms with E-state index < -0.39 is 5.82 Å². The number of rotatable bonds is 1. The van der Waals surface area contributed by atoms with Gasteiger partial charge in [0.25, 0.3) is 0 Å². The molecule has 1 aromatic heterocycles. The molecule has 74 valence electrons. The van der Waals surface area contributed by atoms with Crippen LogP contribution in [0, 0.1) is 17.1 Å². The second-order valence-electron chi connectivity index (χ2n) is 2.97. The highest BCUT2D eigenvalue weighted by Crippen LogP contribution is 2.19. The summed E-state index contributed by atoms with van der Waals surface area (Å²) in [6.45, 7) is 0. The monoisotopic (exact) mass is 220 g/mol. The van der Waals surface area contributed by atoms with Crippen molar-refractivity contribution >= 4 is 11.6 Å². The first-order valence-electron chi connectivity index (χ1n) is 4.25. The van der Waals surface area contributed by atoms with E-state index >= 15 is 0 Å². The van der Waals surface area contributed by atoms with E-state index in [1.807, 2.05) is 6.07 Å². The Morgan fingerprint density at radius 1 is 1.33 bits per heavy atom. The Hall–Kier alpha value is -1.79. The highest BCUT2D eigenvalue weighted by molar-refractivity contribution is 6.30. The summed E-state index contributed by atoms with van der Waals surface area (Å²) < 4.78 is 15.0. The summed E-state index contributed by atoms with van der Waals surface area (Å²) in [5, 5.41) is 9.13. The van der Waals surface area contributed by atoms with E-state index in [4.69, 9.17) is 16.9 Å². The normalized spacial score (nSPS) is 9.93. The molecule has 0 N–H and O–H groups in total. The van der Waals surface area contributed by atoms with Gasteiger partial charge in [0.15, 0.2) is 0 Å². The lowest BCUT2D eigenvalue weighted by molar-refractivity contribution is 0.618. The number of hydrogen-bond acceptors (Lipinski definition) is 1. The SMILES string of the molecule is N#Cc1cccn1-c1ccc(Cl)cc1F. The predicted molar refractivity (Wildman–Crippen MR) is 55.5 cm³/mol. The fourth-order valence-corrected chi connectivity index (χ4v) is 1.52. The Morgan fingerprint density at radius 2 is 2.13 bits per heavy atom. The highest BCUT2D eigenvalue weighted by Gasteiger charge is 2.07. The molecule has 4 heteroatoms. The van der Waals surface area contributed by atoms with Gasteiger partial charge in [0.2, 0.25) is 0 Å². The Morgan fingerprint density at radius 3 is 2.80 bits per heavy atom. The average molecular weight is 221 g/mol. The molecule has 0 aliphatic heterocycles. The summed E-state index contributed by atoms with van der Waals surface area (Å²) in [7, 11) is 0. The predicted octanol–water partition coefficient (Wildman–Crippen LogP) is 3.14. The molecule has 1 heterocycles. The van der Waals surface area contributed by atoms with Crippen LogP contribution in [0.1, 0.15) is 5.69 Å². The number of benzene rings is 1. The van der Waals surface area contributed by atoms with E-state index in [-0.39, 0.29) is 0 Å². The van der Waals surface area contributed by atoms with E-state index in [0.717, 1.165) is 0 Å². The average Bonchev–Trinajstić information content (AvgIpc) is 2.65. The largest absolute Gasteiger partial charge is 0.305 e. The summed E-state index contributed by atoms with van der Waals surface area (Å²) in [5.74, 6) is -0.449. The molecule has 0 aliphatic rings. The van der Waals surface area contributed by atoms with Gasteiger partial charge in [-0.25, -0.2) is 4.39 Å². The zero-order valence-corrected chi connectivity index (χ0v) is 8.37. The highest BCUT2D eigenvalue weighted by atomic mass is 35.5. The molecule has 0 atom stereocenters. The molecule has 0 fully saturated rings. The van der Waals surface area contributed by atoms with Crippen LogP contribution in [0.5, 0.6) is 0 Å². The summed E-state index contributed by atoms with van der Waals surface area (Å²) in [5.41, 5.74) is 0.706. The van der Waals surface area contributed by atoms with E-state index in [9.17, 15) is 4.39 Å². The van der Waals surface area contributed by atoms with Crippen LogP contribution in [-0.4, -0.2) is 4.57 Å². The quantitative estimate of drug-likeness (QED) is 0.726. The van der Waals surface area contributed by atoms with Crippen molar-refractivity contribution in [2.24, 2.45) is 0 Å². The van der Waals surface area contributed by atoms with Crippen molar-refractivity contribution in [2.75, 3.05) is 0 Å². The number of nitrogens with zero attached hydrogens (tertiary/aromatic N) is 2. The number of nitriles is 1. The van der Waals surface area contributed by atoms with Crippen molar-refractivity contribution in [1.29, 1.82) is 5.26 Å². The van der Waals surface area contributed by atoms with Gasteiger partial charge in [0.1, 0.15) is 17.6 Å². The van der Waals surface area contributed by atoms with E-state index in [0.29, 0.717) is 16.4 Å². The van der Waals surface area contributed by atoms with Gasteiger partial charge >= 0.3 is 0 Å². The van der Waals surface area contributed by atoms with Gasteiger partial charge < -0.3 is 4.57 Å². The maximum absolute atomic E-state index is 13.5. The number of aromatic nitrogens is 1. The van der Waals surface area contributed by atoms with Crippen molar-refractivity contribution in [2.45, 2.75) is 0 Å². The first kappa shape index (κ1) is 9.75. The Balaban J connectivity index is 2.60. The van der Waals surface area contributed by atoms with Gasteiger partial charge in [-0.15, -0.1) is 0 Å². The molecule has 2 nitrogen and oxygen atoms in total. The molecule has 0 bridgehead atoms. The molecule has 0 saturated heterocycles. The minimum atomic E-state index is -0.449. The third-order valence-corrected chi connectivity index (χ3v) is 2.27. The molecule has 1 aromatic carbocycles. The second kappa shape index (κ2) is 3.76. The first-order valence-corrected chi connectivity index (χ1v) is 4.63. The number of hydrogen-bond donors (Lipinski definition) is 0. The van der Waals surface area contributed by atoms with Gasteiger partial charge in [0, 0.05) is 11.2 Å². The summed E-state index contributed by atoms with van der Waals surface area (Å²) in [4.78, 5) is 0. The fourth-order valence-electron chi connectivity index (χ4n) is 1.36. The van der Waals surface area contributed by atoms with Crippen molar-refractivity contribution < 1.29 is 4.39 Å². The lowest BCUT2D eigenvalue weighted by atomic mass is 10.3. The van der Waals surface area contributed by atoms with Crippen LogP contribution in [0.25, 0.3) is 5.69 Å². The minimum Gasteiger partial charge on any atom is -0.305 e. The van der Waals surface area contributed by atoms with Gasteiger partial charge in [-0.1, -0.05) is 11.6 Å². The van der Waals surface area contributed by atoms with Crippen molar-refractivity contribution in [3.05, 3.63) is 53.1 Å². The van der Waals surface area contributed by atoms with E-state index in [1.54, 1.807) is 30.5 Å². The molecule has 2 aromatic rings. The maximum atomic E-state index is 13.5. The summed E-state index contributed by atoms with van der Waals surface area (Å²) in [6.07, 6.45) is 1.63. The standard InChI is InChI=1S/C11H6ClFN2/c12-8-3-4-11(10(13)6-8)15-5-1-2-9(15)7-14/h1-6H. The van der Waals surface area contributed by atoms with Crippen LogP contribution in [0.4, 0.5) is 4.39 Å². The molecular formula is C11H6ClFN2. The van der Waals surface area contributed by atoms with Crippen LogP contribution in [0.2, 0.25) is 5.02 Å². The van der Waals surface area contributed by atoms with Crippen LogP contribution >= 0.6 is 11.6 Å². The third-order valence-electron chi connectivity index (χ3n) is 2.03.